The molecular weight excluding hydrogens is 410 g/mol. The number of aromatic nitrogens is 1. The summed E-state index contributed by atoms with van der Waals surface area (Å²) in [6.07, 6.45) is 1.24. The fourth-order valence-electron chi connectivity index (χ4n) is 4.10. The Balaban J connectivity index is 1.68. The van der Waals surface area contributed by atoms with Gasteiger partial charge >= 0.3 is 0 Å². The molecule has 4 rings (SSSR count). The molecule has 0 aliphatic carbocycles. The minimum atomic E-state index is -1.00. The molecule has 0 saturated carbocycles. The van der Waals surface area contributed by atoms with Crippen molar-refractivity contribution in [2.24, 2.45) is 0 Å². The molecule has 2 aliphatic rings. The number of halogens is 2. The first kappa shape index (κ1) is 21.0. The molecule has 1 atom stereocenters. The summed E-state index contributed by atoms with van der Waals surface area (Å²) in [5.74, 6) is -3.79. The van der Waals surface area contributed by atoms with Crippen LogP contribution in [0.1, 0.15) is 38.0 Å². The maximum atomic E-state index is 14.0. The number of rotatable bonds is 3. The van der Waals surface area contributed by atoms with Crippen molar-refractivity contribution in [1.82, 2.24) is 19.7 Å². The first-order chi connectivity index (χ1) is 14.7. The number of fused-ring (bicyclic) bond motifs is 4. The monoisotopic (exact) mass is 432 g/mol. The minimum Gasteiger partial charge on any atom is -0.503 e. The summed E-state index contributed by atoms with van der Waals surface area (Å²) in [5.41, 5.74) is -1.49. The van der Waals surface area contributed by atoms with E-state index in [4.69, 9.17) is 0 Å². The fourth-order valence-corrected chi connectivity index (χ4v) is 4.10. The second-order valence-corrected chi connectivity index (χ2v) is 8.03. The minimum absolute atomic E-state index is 0.149. The van der Waals surface area contributed by atoms with Crippen LogP contribution in [-0.2, 0) is 6.54 Å². The number of pyridine rings is 1. The van der Waals surface area contributed by atoms with Crippen molar-refractivity contribution in [1.29, 1.82) is 0 Å². The van der Waals surface area contributed by atoms with Crippen LogP contribution >= 0.6 is 0 Å². The van der Waals surface area contributed by atoms with Gasteiger partial charge in [-0.3, -0.25) is 14.4 Å². The highest BCUT2D eigenvalue weighted by molar-refractivity contribution is 5.99. The topological polar surface area (TPSA) is 94.9 Å². The Kier molecular flexibility index (Phi) is 5.26. The van der Waals surface area contributed by atoms with E-state index in [0.29, 0.717) is 31.7 Å². The molecule has 0 radical (unpaired) electrons. The number of likely N-dealkylation sites (N-methyl/N-ethyl adjacent to an activating group) is 1. The van der Waals surface area contributed by atoms with Crippen LogP contribution in [0.4, 0.5) is 8.78 Å². The number of benzene rings is 1. The molecule has 2 bridgehead atoms. The molecule has 1 aromatic carbocycles. The molecule has 2 aliphatic heterocycles. The number of amides is 2. The Labute approximate surface area is 176 Å². The van der Waals surface area contributed by atoms with E-state index in [1.165, 1.54) is 10.8 Å². The molecule has 3 heterocycles. The second kappa shape index (κ2) is 7.77. The van der Waals surface area contributed by atoms with Gasteiger partial charge in [-0.15, -0.1) is 0 Å². The Bertz CT molecular complexity index is 1120. The lowest BCUT2D eigenvalue weighted by Crippen LogP contribution is -2.45. The van der Waals surface area contributed by atoms with E-state index in [9.17, 15) is 28.3 Å². The average Bonchev–Trinajstić information content (AvgIpc) is 2.87. The summed E-state index contributed by atoms with van der Waals surface area (Å²) in [6, 6.07) is 2.03. The smallest absolute Gasteiger partial charge is 0.274 e. The quantitative estimate of drug-likeness (QED) is 0.755. The maximum absolute atomic E-state index is 14.0. The first-order valence-corrected chi connectivity index (χ1v) is 9.86. The highest BCUT2D eigenvalue weighted by Crippen LogP contribution is 2.28. The van der Waals surface area contributed by atoms with Crippen molar-refractivity contribution in [2.75, 3.05) is 33.2 Å². The number of hydrogen-bond acceptors (Lipinski definition) is 5. The largest absolute Gasteiger partial charge is 0.503 e. The van der Waals surface area contributed by atoms with Crippen molar-refractivity contribution >= 4 is 11.8 Å². The zero-order chi connectivity index (χ0) is 22.4. The molecule has 1 aromatic heterocycles. The number of hydrogen-bond donors (Lipinski definition) is 2. The second-order valence-electron chi connectivity index (χ2n) is 8.03. The Morgan fingerprint density at radius 3 is 2.55 bits per heavy atom. The number of nitrogens with one attached hydrogen (secondary N) is 1. The van der Waals surface area contributed by atoms with Crippen molar-refractivity contribution < 1.29 is 23.5 Å². The van der Waals surface area contributed by atoms with E-state index in [1.807, 2.05) is 11.9 Å². The third-order valence-corrected chi connectivity index (χ3v) is 5.75. The van der Waals surface area contributed by atoms with Crippen molar-refractivity contribution in [3.05, 3.63) is 62.6 Å². The molecular formula is C21H22F2N4O4. The van der Waals surface area contributed by atoms with Crippen LogP contribution in [0.3, 0.4) is 0 Å². The normalized spacial score (nSPS) is 18.5. The SMILES string of the molecule is Cc1cc(F)c(CNC(=O)c2cn3c(c(O)c2=O)C(=O)N2CCN(C)CC3C2)c(F)c1. The lowest BCUT2D eigenvalue weighted by molar-refractivity contribution is 0.0685. The van der Waals surface area contributed by atoms with Gasteiger partial charge in [0, 0.05) is 44.5 Å². The van der Waals surface area contributed by atoms with E-state index < -0.39 is 46.7 Å². The zero-order valence-corrected chi connectivity index (χ0v) is 17.1. The van der Waals surface area contributed by atoms with Crippen LogP contribution in [-0.4, -0.2) is 64.5 Å². The van der Waals surface area contributed by atoms with E-state index in [0.717, 1.165) is 12.1 Å². The Hall–Kier alpha value is -3.27. The van der Waals surface area contributed by atoms with Crippen LogP contribution in [0.15, 0.2) is 23.1 Å². The van der Waals surface area contributed by atoms with E-state index >= 15 is 0 Å². The van der Waals surface area contributed by atoms with Crippen LogP contribution in [0.2, 0.25) is 0 Å². The summed E-state index contributed by atoms with van der Waals surface area (Å²) >= 11 is 0. The molecule has 0 spiro atoms. The molecule has 2 amide bonds. The van der Waals surface area contributed by atoms with Gasteiger partial charge in [-0.1, -0.05) is 0 Å². The Morgan fingerprint density at radius 2 is 1.87 bits per heavy atom. The third-order valence-electron chi connectivity index (χ3n) is 5.75. The first-order valence-electron chi connectivity index (χ1n) is 9.86. The maximum Gasteiger partial charge on any atom is 0.274 e. The van der Waals surface area contributed by atoms with Gasteiger partial charge < -0.3 is 24.8 Å². The Morgan fingerprint density at radius 1 is 1.19 bits per heavy atom. The third kappa shape index (κ3) is 3.67. The van der Waals surface area contributed by atoms with Crippen LogP contribution in [0, 0.1) is 18.6 Å². The van der Waals surface area contributed by atoms with E-state index in [-0.39, 0.29) is 17.3 Å². The number of carbonyl (C=O) groups excluding carboxylic acids is 2. The molecule has 2 N–H and O–H groups in total. The number of aryl methyl sites for hydroxylation is 1. The molecule has 31 heavy (non-hydrogen) atoms. The van der Waals surface area contributed by atoms with Gasteiger partial charge in [-0.25, -0.2) is 8.78 Å². The van der Waals surface area contributed by atoms with Gasteiger partial charge in [0.15, 0.2) is 11.4 Å². The van der Waals surface area contributed by atoms with Crippen LogP contribution in [0.5, 0.6) is 5.75 Å². The summed E-state index contributed by atoms with van der Waals surface area (Å²) in [5, 5.41) is 12.8. The molecule has 10 heteroatoms. The zero-order valence-electron chi connectivity index (χ0n) is 17.1. The molecule has 1 unspecified atom stereocenters. The van der Waals surface area contributed by atoms with Gasteiger partial charge in [-0.2, -0.15) is 0 Å². The molecule has 2 aromatic rings. The summed E-state index contributed by atoms with van der Waals surface area (Å²) < 4.78 is 29.6. The highest BCUT2D eigenvalue weighted by atomic mass is 19.1. The lowest BCUT2D eigenvalue weighted by atomic mass is 10.1. The summed E-state index contributed by atoms with van der Waals surface area (Å²) in [6.45, 7) is 3.12. The van der Waals surface area contributed by atoms with Gasteiger partial charge in [0.25, 0.3) is 11.8 Å². The summed E-state index contributed by atoms with van der Waals surface area (Å²) in [4.78, 5) is 41.7. The fraction of sp³-hybridized carbons (Fsp3) is 0.381. The van der Waals surface area contributed by atoms with Gasteiger partial charge in [0.2, 0.25) is 5.43 Å². The average molecular weight is 432 g/mol. The predicted octanol–water partition coefficient (Wildman–Crippen LogP) is 1.01. The van der Waals surface area contributed by atoms with Gasteiger partial charge in [0.1, 0.15) is 17.2 Å². The number of nitrogens with zero attached hydrogens (tertiary/aromatic N) is 3. The van der Waals surface area contributed by atoms with Crippen LogP contribution < -0.4 is 10.7 Å². The number of carbonyl (C=O) groups is 2. The van der Waals surface area contributed by atoms with Gasteiger partial charge in [0.05, 0.1) is 6.04 Å². The molecule has 1 saturated heterocycles. The predicted molar refractivity (Wildman–Crippen MR) is 107 cm³/mol. The van der Waals surface area contributed by atoms with Gasteiger partial charge in [-0.05, 0) is 31.7 Å². The highest BCUT2D eigenvalue weighted by Gasteiger charge is 2.37. The van der Waals surface area contributed by atoms with Crippen molar-refractivity contribution in [3.8, 4) is 5.75 Å². The van der Waals surface area contributed by atoms with Crippen molar-refractivity contribution in [3.63, 3.8) is 0 Å². The lowest BCUT2D eigenvalue weighted by Gasteiger charge is -2.34. The van der Waals surface area contributed by atoms with Crippen molar-refractivity contribution in [2.45, 2.75) is 19.5 Å². The standard InChI is InChI=1S/C21H22F2N4O4/c1-11-5-15(22)13(16(23)6-11)7-24-20(30)14-10-27-12-8-25(2)3-4-26(9-12)21(31)17(27)19(29)18(14)28/h5-6,10,12,29H,3-4,7-9H2,1-2H3,(H,24,30). The van der Waals surface area contributed by atoms with Crippen LogP contribution in [0.25, 0.3) is 0 Å². The molecule has 8 nitrogen and oxygen atoms in total. The van der Waals surface area contributed by atoms with E-state index in [2.05, 4.69) is 5.32 Å². The van der Waals surface area contributed by atoms with E-state index in [1.54, 1.807) is 11.8 Å². The molecule has 164 valence electrons. The summed E-state index contributed by atoms with van der Waals surface area (Å²) in [7, 11) is 1.90. The molecule has 1 fully saturated rings. The number of aromatic hydroxyl groups is 1.